The van der Waals surface area contributed by atoms with Crippen molar-refractivity contribution < 1.29 is 23.8 Å². The van der Waals surface area contributed by atoms with Crippen LogP contribution < -0.4 is 0 Å². The molecular weight excluding hydrogens is 208 g/mol. The summed E-state index contributed by atoms with van der Waals surface area (Å²) in [5.74, 6) is -4.03. The molecule has 0 aliphatic carbocycles. The number of benzene rings is 1. The second-order valence-electron chi connectivity index (χ2n) is 2.71. The fourth-order valence-electron chi connectivity index (χ4n) is 1.000. The highest BCUT2D eigenvalue weighted by Crippen LogP contribution is 2.19. The lowest BCUT2D eigenvalue weighted by Crippen LogP contribution is -2.11. The smallest absolute Gasteiger partial charge is 0.337 e. The molecule has 0 saturated heterocycles. The third kappa shape index (κ3) is 2.08. The highest BCUT2D eigenvalue weighted by atomic mass is 19.1. The van der Waals surface area contributed by atoms with E-state index in [-0.39, 0.29) is 0 Å². The van der Waals surface area contributed by atoms with Gasteiger partial charge in [0.05, 0.1) is 0 Å². The summed E-state index contributed by atoms with van der Waals surface area (Å²) in [6.07, 6.45) is -2.01. The summed E-state index contributed by atoms with van der Waals surface area (Å²) in [5, 5.41) is 25.7. The number of aliphatic hydroxyl groups excluding tert-OH is 1. The number of rotatable bonds is 2. The molecule has 2 N–H and O–H groups in total. The summed E-state index contributed by atoms with van der Waals surface area (Å²) in [6, 6.07) is 2.50. The Kier molecular flexibility index (Phi) is 2.97. The van der Waals surface area contributed by atoms with Crippen LogP contribution in [-0.2, 0) is 4.79 Å². The Morgan fingerprint density at radius 1 is 1.40 bits per heavy atom. The van der Waals surface area contributed by atoms with Gasteiger partial charge in [0.1, 0.15) is 23.3 Å². The summed E-state index contributed by atoms with van der Waals surface area (Å²) in [6.45, 7) is 0. The molecule has 6 heteroatoms. The summed E-state index contributed by atoms with van der Waals surface area (Å²) < 4.78 is 25.9. The van der Waals surface area contributed by atoms with Gasteiger partial charge in [0.2, 0.25) is 0 Å². The topological polar surface area (TPSA) is 81.3 Å². The van der Waals surface area contributed by atoms with Crippen molar-refractivity contribution >= 4 is 5.97 Å². The van der Waals surface area contributed by atoms with Crippen molar-refractivity contribution in [1.29, 1.82) is 5.26 Å². The van der Waals surface area contributed by atoms with E-state index in [2.05, 4.69) is 0 Å². The molecule has 1 aromatic carbocycles. The third-order valence-electron chi connectivity index (χ3n) is 1.73. The van der Waals surface area contributed by atoms with Crippen LogP contribution in [0.2, 0.25) is 0 Å². The van der Waals surface area contributed by atoms with Crippen LogP contribution in [0.1, 0.15) is 17.2 Å². The number of carboxylic acids is 1. The molecule has 0 aliphatic heterocycles. The largest absolute Gasteiger partial charge is 0.479 e. The van der Waals surface area contributed by atoms with E-state index in [0.717, 1.165) is 0 Å². The Morgan fingerprint density at radius 3 is 2.20 bits per heavy atom. The highest BCUT2D eigenvalue weighted by Gasteiger charge is 2.20. The lowest BCUT2D eigenvalue weighted by molar-refractivity contribution is -0.146. The van der Waals surface area contributed by atoms with Gasteiger partial charge in [0.25, 0.3) is 0 Å². The van der Waals surface area contributed by atoms with Crippen molar-refractivity contribution in [2.75, 3.05) is 0 Å². The Morgan fingerprint density at radius 2 is 1.87 bits per heavy atom. The minimum absolute atomic E-state index is 0.448. The van der Waals surface area contributed by atoms with Gasteiger partial charge in [-0.05, 0) is 17.7 Å². The van der Waals surface area contributed by atoms with E-state index in [1.807, 2.05) is 0 Å². The number of aliphatic carboxylic acids is 1. The van der Waals surface area contributed by atoms with Crippen LogP contribution in [0.5, 0.6) is 0 Å². The van der Waals surface area contributed by atoms with E-state index >= 15 is 0 Å². The minimum atomic E-state index is -2.01. The van der Waals surface area contributed by atoms with Crippen LogP contribution in [0.25, 0.3) is 0 Å². The Balaban J connectivity index is 3.27. The van der Waals surface area contributed by atoms with Gasteiger partial charge >= 0.3 is 5.97 Å². The zero-order valence-corrected chi connectivity index (χ0v) is 7.24. The van der Waals surface area contributed by atoms with Crippen LogP contribution >= 0.6 is 0 Å². The van der Waals surface area contributed by atoms with Crippen LogP contribution in [0.3, 0.4) is 0 Å². The molecule has 0 saturated carbocycles. The van der Waals surface area contributed by atoms with E-state index < -0.39 is 34.8 Å². The second kappa shape index (κ2) is 4.02. The molecule has 1 aromatic rings. The number of hydrogen-bond donors (Lipinski definition) is 2. The molecule has 15 heavy (non-hydrogen) atoms. The van der Waals surface area contributed by atoms with E-state index in [4.69, 9.17) is 15.5 Å². The number of nitrogens with zero attached hydrogens (tertiary/aromatic N) is 1. The van der Waals surface area contributed by atoms with Gasteiger partial charge in [-0.2, -0.15) is 5.26 Å². The molecule has 1 rings (SSSR count). The molecule has 1 atom stereocenters. The zero-order valence-electron chi connectivity index (χ0n) is 7.24. The molecular formula is C9H5F2NO3. The van der Waals surface area contributed by atoms with Gasteiger partial charge in [-0.25, -0.2) is 13.6 Å². The lowest BCUT2D eigenvalue weighted by Gasteiger charge is -2.06. The number of nitriles is 1. The highest BCUT2D eigenvalue weighted by molar-refractivity contribution is 5.74. The van der Waals surface area contributed by atoms with Gasteiger partial charge in [-0.3, -0.25) is 0 Å². The van der Waals surface area contributed by atoms with Gasteiger partial charge in [-0.15, -0.1) is 0 Å². The maximum Gasteiger partial charge on any atom is 0.337 e. The standard InChI is InChI=1S/C9H5F2NO3/c10-6-1-4(8(13)9(14)15)2-7(11)5(6)3-12/h1-2,8,13H,(H,14,15). The lowest BCUT2D eigenvalue weighted by atomic mass is 10.1. The average Bonchev–Trinajstić information content (AvgIpc) is 2.15. The third-order valence-corrected chi connectivity index (χ3v) is 1.73. The summed E-state index contributed by atoms with van der Waals surface area (Å²) >= 11 is 0. The average molecular weight is 213 g/mol. The number of carboxylic acid groups (broad SMARTS) is 1. The first kappa shape index (κ1) is 11.1. The number of hydrogen-bond acceptors (Lipinski definition) is 3. The van der Waals surface area contributed by atoms with Gasteiger partial charge in [0, 0.05) is 0 Å². The summed E-state index contributed by atoms with van der Waals surface area (Å²) in [7, 11) is 0. The van der Waals surface area contributed by atoms with Crippen molar-refractivity contribution in [1.82, 2.24) is 0 Å². The molecule has 0 aromatic heterocycles. The summed E-state index contributed by atoms with van der Waals surface area (Å²) in [5.41, 5.74) is -1.26. The predicted octanol–water partition coefficient (Wildman–Crippen LogP) is 0.954. The maximum absolute atomic E-state index is 13.0. The SMILES string of the molecule is N#Cc1c(F)cc(C(O)C(=O)O)cc1F. The molecule has 0 radical (unpaired) electrons. The fraction of sp³-hybridized carbons (Fsp3) is 0.111. The van der Waals surface area contributed by atoms with E-state index in [1.54, 1.807) is 0 Å². The van der Waals surface area contributed by atoms with Crippen molar-refractivity contribution in [3.05, 3.63) is 34.9 Å². The number of carbonyl (C=O) groups is 1. The molecule has 78 valence electrons. The molecule has 0 heterocycles. The van der Waals surface area contributed by atoms with Crippen LogP contribution in [0, 0.1) is 23.0 Å². The number of halogens is 2. The Hall–Kier alpha value is -2.00. The fourth-order valence-corrected chi connectivity index (χ4v) is 1.000. The van der Waals surface area contributed by atoms with Gasteiger partial charge < -0.3 is 10.2 Å². The molecule has 0 spiro atoms. The molecule has 0 aliphatic rings. The molecule has 0 bridgehead atoms. The second-order valence-corrected chi connectivity index (χ2v) is 2.71. The zero-order chi connectivity index (χ0) is 11.6. The van der Waals surface area contributed by atoms with Crippen molar-refractivity contribution in [3.8, 4) is 6.07 Å². The quantitative estimate of drug-likeness (QED) is 0.766. The Labute approximate surface area is 83.0 Å². The normalized spacial score (nSPS) is 11.9. The first-order valence-electron chi connectivity index (χ1n) is 3.77. The monoisotopic (exact) mass is 213 g/mol. The van der Waals surface area contributed by atoms with Crippen molar-refractivity contribution in [3.63, 3.8) is 0 Å². The van der Waals surface area contributed by atoms with E-state index in [1.165, 1.54) is 6.07 Å². The van der Waals surface area contributed by atoms with Crippen molar-refractivity contribution in [2.24, 2.45) is 0 Å². The Bertz CT molecular complexity index is 430. The van der Waals surface area contributed by atoms with Gasteiger partial charge in [-0.1, -0.05) is 0 Å². The number of aliphatic hydroxyl groups is 1. The van der Waals surface area contributed by atoms with Crippen molar-refractivity contribution in [2.45, 2.75) is 6.10 Å². The molecule has 4 nitrogen and oxygen atoms in total. The molecule has 0 fully saturated rings. The first-order valence-corrected chi connectivity index (χ1v) is 3.77. The van der Waals surface area contributed by atoms with Crippen LogP contribution in [0.15, 0.2) is 12.1 Å². The van der Waals surface area contributed by atoms with E-state index in [9.17, 15) is 13.6 Å². The van der Waals surface area contributed by atoms with Crippen LogP contribution in [0.4, 0.5) is 8.78 Å². The minimum Gasteiger partial charge on any atom is -0.479 e. The van der Waals surface area contributed by atoms with Gasteiger partial charge in [0.15, 0.2) is 6.10 Å². The van der Waals surface area contributed by atoms with E-state index in [0.29, 0.717) is 12.1 Å². The molecule has 0 amide bonds. The molecule has 1 unspecified atom stereocenters. The first-order chi connectivity index (χ1) is 6.97. The maximum atomic E-state index is 13.0. The predicted molar refractivity (Wildman–Crippen MR) is 43.7 cm³/mol. The van der Waals surface area contributed by atoms with Crippen LogP contribution in [-0.4, -0.2) is 16.2 Å². The summed E-state index contributed by atoms with van der Waals surface area (Å²) in [4.78, 5) is 10.3.